The van der Waals surface area contributed by atoms with Crippen LogP contribution in [-0.4, -0.2) is 9.13 Å². The van der Waals surface area contributed by atoms with Gasteiger partial charge in [0, 0.05) is 38.5 Å². The van der Waals surface area contributed by atoms with Crippen LogP contribution < -0.4 is 10.6 Å². The summed E-state index contributed by atoms with van der Waals surface area (Å²) in [5, 5.41) is 3.00. The minimum absolute atomic E-state index is 0.722. The van der Waals surface area contributed by atoms with Crippen molar-refractivity contribution in [3.05, 3.63) is 320 Å². The average Bonchev–Trinajstić information content (AvgIpc) is 3.95. The summed E-state index contributed by atoms with van der Waals surface area (Å²) in [7, 11) is 0. The summed E-state index contributed by atoms with van der Waals surface area (Å²) in [5.74, 6) is 0. The lowest BCUT2D eigenvalue weighted by Crippen LogP contribution is -2.27. The molecular formula is C79H86N2. The van der Waals surface area contributed by atoms with Gasteiger partial charge in [0.15, 0.2) is 0 Å². The molecule has 0 N–H and O–H groups in total. The van der Waals surface area contributed by atoms with Gasteiger partial charge in [0.05, 0.1) is 16.9 Å². The number of hydrogen-bond donors (Lipinski definition) is 0. The normalized spacial score (nSPS) is 24.0. The van der Waals surface area contributed by atoms with Gasteiger partial charge in [-0.1, -0.05) is 211 Å². The van der Waals surface area contributed by atoms with E-state index < -0.39 is 0 Å². The van der Waals surface area contributed by atoms with Crippen LogP contribution in [-0.2, 0) is 12.8 Å². The molecule has 2 heteroatoms. The van der Waals surface area contributed by atoms with Crippen LogP contribution in [0.3, 0.4) is 0 Å². The topological polar surface area (TPSA) is 9.86 Å². The first kappa shape index (κ1) is 61.5. The predicted octanol–water partition coefficient (Wildman–Crippen LogP) is 20.7. The van der Waals surface area contributed by atoms with E-state index in [1.165, 1.54) is 50.0 Å². The van der Waals surface area contributed by atoms with E-state index in [1.807, 2.05) is 44.2 Å². The summed E-state index contributed by atoms with van der Waals surface area (Å²) < 4.78 is 4.45. The molecular weight excluding hydrogens is 977 g/mol. The molecule has 0 fully saturated rings. The molecule has 0 spiro atoms. The number of aryl methyl sites for hydroxylation is 2. The van der Waals surface area contributed by atoms with Crippen molar-refractivity contribution >= 4 is 59.3 Å². The van der Waals surface area contributed by atoms with Gasteiger partial charge in [-0.3, -0.25) is 0 Å². The van der Waals surface area contributed by atoms with Gasteiger partial charge in [-0.2, -0.15) is 0 Å². The number of aromatic nitrogens is 2. The second-order valence-corrected chi connectivity index (χ2v) is 20.4. The van der Waals surface area contributed by atoms with E-state index in [4.69, 9.17) is 26.3 Å². The van der Waals surface area contributed by atoms with Crippen LogP contribution in [0.2, 0.25) is 0 Å². The third kappa shape index (κ3) is 13.7. The summed E-state index contributed by atoms with van der Waals surface area (Å²) in [4.78, 5) is 0. The Kier molecular flexibility index (Phi) is 22.4. The number of allylic oxidation sites excluding steroid dienone is 40. The van der Waals surface area contributed by atoms with E-state index in [1.54, 1.807) is 0 Å². The van der Waals surface area contributed by atoms with Gasteiger partial charge in [-0.05, 0) is 214 Å². The minimum atomic E-state index is 0.722. The highest BCUT2D eigenvalue weighted by atomic mass is 15.0. The molecule has 2 nitrogen and oxygen atoms in total. The van der Waals surface area contributed by atoms with E-state index >= 15 is 0 Å². The molecule has 3 aliphatic rings. The lowest BCUT2D eigenvalue weighted by atomic mass is 9.82. The maximum absolute atomic E-state index is 4.86. The summed E-state index contributed by atoms with van der Waals surface area (Å²) in [6, 6.07) is 4.68. The van der Waals surface area contributed by atoms with Gasteiger partial charge >= 0.3 is 0 Å². The maximum atomic E-state index is 4.86. The number of benzene rings is 1. The largest absolute Gasteiger partial charge is 0.310 e. The fraction of sp³-hybridized carbons (Fsp3) is 0.190. The molecule has 0 saturated carbocycles. The third-order valence-electron chi connectivity index (χ3n) is 15.3. The van der Waals surface area contributed by atoms with Gasteiger partial charge < -0.3 is 9.13 Å². The Morgan fingerprint density at radius 1 is 0.580 bits per heavy atom. The second-order valence-electron chi connectivity index (χ2n) is 20.4. The molecule has 412 valence electrons. The summed E-state index contributed by atoms with van der Waals surface area (Å²) in [5.41, 5.74) is 23.7. The monoisotopic (exact) mass is 1060 g/mol. The predicted molar refractivity (Wildman–Crippen MR) is 365 cm³/mol. The van der Waals surface area contributed by atoms with Crippen molar-refractivity contribution in [3.8, 4) is 0 Å². The van der Waals surface area contributed by atoms with Crippen molar-refractivity contribution < 1.29 is 0 Å². The smallest absolute Gasteiger partial charge is 0.0575 e. The lowest BCUT2D eigenvalue weighted by Gasteiger charge is -2.22. The molecule has 1 aromatic carbocycles. The molecule has 0 atom stereocenters. The first-order chi connectivity index (χ1) is 39.2. The molecule has 1 aliphatic heterocycles. The van der Waals surface area contributed by atoms with Gasteiger partial charge in [-0.15, -0.1) is 0 Å². The number of fused-ring (bicyclic) bond motifs is 2. The zero-order valence-electron chi connectivity index (χ0n) is 50.4. The Bertz CT molecular complexity index is 3790. The van der Waals surface area contributed by atoms with Crippen molar-refractivity contribution in [1.29, 1.82) is 0 Å². The highest BCUT2D eigenvalue weighted by Gasteiger charge is 2.24. The average molecular weight is 1060 g/mol. The van der Waals surface area contributed by atoms with Crippen LogP contribution >= 0.6 is 0 Å². The molecule has 0 radical (unpaired) electrons. The number of hydrogen-bond acceptors (Lipinski definition) is 0. The summed E-state index contributed by atoms with van der Waals surface area (Å²) in [6.07, 6.45) is 68.5. The molecule has 0 saturated heterocycles. The molecule has 3 heterocycles. The third-order valence-corrected chi connectivity index (χ3v) is 15.3. The van der Waals surface area contributed by atoms with Gasteiger partial charge in [-0.25, -0.2) is 0 Å². The molecule has 0 amide bonds. The van der Waals surface area contributed by atoms with E-state index in [2.05, 4.69) is 248 Å². The van der Waals surface area contributed by atoms with E-state index in [9.17, 15) is 0 Å². The van der Waals surface area contributed by atoms with Crippen molar-refractivity contribution in [2.45, 2.75) is 101 Å². The van der Waals surface area contributed by atoms with Gasteiger partial charge in [0.1, 0.15) is 0 Å². The van der Waals surface area contributed by atoms with Crippen LogP contribution in [0.25, 0.3) is 59.3 Å². The van der Waals surface area contributed by atoms with Crippen LogP contribution in [0.4, 0.5) is 0 Å². The summed E-state index contributed by atoms with van der Waals surface area (Å²) in [6.45, 7) is 53.8. The maximum Gasteiger partial charge on any atom is 0.0575 e. The highest BCUT2D eigenvalue weighted by molar-refractivity contribution is 6.01. The van der Waals surface area contributed by atoms with E-state index in [-0.39, 0.29) is 0 Å². The molecule has 81 heavy (non-hydrogen) atoms. The Labute approximate surface area is 487 Å². The molecule has 3 aromatic rings. The SMILES string of the molecule is C=C/C1=C(C)/C=C(/C=C\C=C/C)C(\C=C/C=C\C)=C(/C)C(=C)\C1=C/c1c(C=C)n2c(=C)/c1=C\C=C/CCCc1ccc(CC)c3c(\C=C4/C\C=C(\C=C/C=C\C)C(/C)=C(/C=C\C=C/C)C(\C)=C4\C=C/C)c(C=C)n(c13)C(=C)/C=C\C2=C. The van der Waals surface area contributed by atoms with Crippen molar-refractivity contribution in [2.24, 2.45) is 0 Å². The van der Waals surface area contributed by atoms with Gasteiger partial charge in [0.2, 0.25) is 0 Å². The first-order valence-electron chi connectivity index (χ1n) is 28.6. The first-order valence-corrected chi connectivity index (χ1v) is 28.6. The fourth-order valence-corrected chi connectivity index (χ4v) is 11.1. The van der Waals surface area contributed by atoms with E-state index in [0.29, 0.717) is 0 Å². The molecule has 0 unspecified atom stereocenters. The van der Waals surface area contributed by atoms with Crippen LogP contribution in [0, 0.1) is 0 Å². The zero-order chi connectivity index (χ0) is 58.8. The zero-order valence-corrected chi connectivity index (χ0v) is 50.4. The highest BCUT2D eigenvalue weighted by Crippen LogP contribution is 2.41. The van der Waals surface area contributed by atoms with Crippen molar-refractivity contribution in [1.82, 2.24) is 9.13 Å². The van der Waals surface area contributed by atoms with Gasteiger partial charge in [0.25, 0.3) is 0 Å². The molecule has 2 aromatic heterocycles. The van der Waals surface area contributed by atoms with Crippen LogP contribution in [0.15, 0.2) is 276 Å². The molecule has 2 aliphatic carbocycles. The van der Waals surface area contributed by atoms with E-state index in [0.717, 1.165) is 121 Å². The minimum Gasteiger partial charge on any atom is -0.310 e. The standard InChI is InChI=1S/C79H86N2/c1-18-27-33-40-64-49-51-67(70(39-22-5)61(16)69(60(64)15)43-35-29-20-3)53-75-77(26-9)81-57(12)47-46-56(11)80-62(17)72(45-38-32-31-37-41-65-50-48-63(23-6)78(75)79(65)81)74(76(80)25-8)54-73-59(14)58(13)71(44-36-30-21-4)66(42-34-28-19-2)52-55(10)68(73)24-7/h18-22,24-30,32-36,38-40,42-50,52-54H,7-9,11-12,14,17,23,31,37,41,51H2,1-6,10,13,15-16H3/b27-18-,28-19-,29-20-,30-21-,38-32-,39-22-,40-33-,42-34-,43-35-,44-36-,47-46-,64-49-,66-52-,67-53+,68-55-,69-60-,70-61-,71-58+,72-45+,73-54+. The Morgan fingerprint density at radius 2 is 1.19 bits per heavy atom. The van der Waals surface area contributed by atoms with Crippen molar-refractivity contribution in [2.75, 3.05) is 0 Å². The second kappa shape index (κ2) is 29.5. The van der Waals surface area contributed by atoms with Crippen LogP contribution in [0.5, 0.6) is 0 Å². The summed E-state index contributed by atoms with van der Waals surface area (Å²) >= 11 is 0. The fourth-order valence-electron chi connectivity index (χ4n) is 11.1. The lowest BCUT2D eigenvalue weighted by molar-refractivity contribution is 0.844. The number of nitrogens with zero attached hydrogens (tertiary/aromatic N) is 2. The molecule has 6 rings (SSSR count). The van der Waals surface area contributed by atoms with Crippen LogP contribution in [0.1, 0.15) is 122 Å². The van der Waals surface area contributed by atoms with Crippen molar-refractivity contribution in [3.63, 3.8) is 0 Å². The Morgan fingerprint density at radius 3 is 1.79 bits per heavy atom. The molecule has 2 bridgehead atoms. The number of rotatable bonds is 15. The Balaban J connectivity index is 1.63. The quantitative estimate of drug-likeness (QED) is 0.134. The Hall–Kier alpha value is -8.72.